The van der Waals surface area contributed by atoms with Crippen molar-refractivity contribution in [3.8, 4) is 6.07 Å². The van der Waals surface area contributed by atoms with Crippen molar-refractivity contribution < 1.29 is 0 Å². The van der Waals surface area contributed by atoms with E-state index < -0.39 is 0 Å². The highest BCUT2D eigenvalue weighted by Crippen LogP contribution is 2.24. The number of hydrogen-bond donors (Lipinski definition) is 1. The topological polar surface area (TPSA) is 35.8 Å². The maximum Gasteiger partial charge on any atom is 0.100 e. The van der Waals surface area contributed by atoms with Crippen LogP contribution in [0.5, 0.6) is 0 Å². The summed E-state index contributed by atoms with van der Waals surface area (Å²) in [6.07, 6.45) is 2.45. The van der Waals surface area contributed by atoms with Gasteiger partial charge in [0.2, 0.25) is 0 Å². The van der Waals surface area contributed by atoms with Crippen molar-refractivity contribution in [3.05, 3.63) is 28.2 Å². The lowest BCUT2D eigenvalue weighted by atomic mass is 10.1. The van der Waals surface area contributed by atoms with Crippen LogP contribution in [0, 0.1) is 11.3 Å². The molecule has 0 unspecified atom stereocenters. The highest BCUT2D eigenvalue weighted by Gasteiger charge is 2.13. The molecule has 4 heteroatoms. The van der Waals surface area contributed by atoms with Gasteiger partial charge in [-0.05, 0) is 58.5 Å². The minimum absolute atomic E-state index is 0.584. The van der Waals surface area contributed by atoms with Gasteiger partial charge in [-0.25, -0.2) is 0 Å². The highest BCUT2D eigenvalue weighted by molar-refractivity contribution is 9.10. The minimum atomic E-state index is 0.584. The summed E-state index contributed by atoms with van der Waals surface area (Å²) in [4.78, 5) is 0. The fraction of sp³-hybridized carbons (Fsp3) is 0.417. The SMILES string of the molecule is N#Cc1ccc(NC2CCSCC2)cc1Br. The van der Waals surface area contributed by atoms with Crippen molar-refractivity contribution in [2.45, 2.75) is 18.9 Å². The molecule has 16 heavy (non-hydrogen) atoms. The van der Waals surface area contributed by atoms with Gasteiger partial charge in [-0.3, -0.25) is 0 Å². The Morgan fingerprint density at radius 3 is 2.75 bits per heavy atom. The largest absolute Gasteiger partial charge is 0.382 e. The van der Waals surface area contributed by atoms with Gasteiger partial charge in [0.25, 0.3) is 0 Å². The predicted molar refractivity (Wildman–Crippen MR) is 72.8 cm³/mol. The minimum Gasteiger partial charge on any atom is -0.382 e. The molecule has 1 aliphatic heterocycles. The lowest BCUT2D eigenvalue weighted by molar-refractivity contribution is 0.667. The lowest BCUT2D eigenvalue weighted by Gasteiger charge is -2.23. The fourth-order valence-electron chi connectivity index (χ4n) is 1.77. The summed E-state index contributed by atoms with van der Waals surface area (Å²) < 4.78 is 0.866. The maximum absolute atomic E-state index is 8.83. The average Bonchev–Trinajstić information content (AvgIpc) is 2.31. The van der Waals surface area contributed by atoms with Crippen molar-refractivity contribution in [1.82, 2.24) is 0 Å². The summed E-state index contributed by atoms with van der Waals surface area (Å²) in [5.74, 6) is 2.49. The zero-order valence-electron chi connectivity index (χ0n) is 8.87. The summed E-state index contributed by atoms with van der Waals surface area (Å²) in [7, 11) is 0. The van der Waals surface area contributed by atoms with Crippen molar-refractivity contribution in [1.29, 1.82) is 5.26 Å². The Morgan fingerprint density at radius 1 is 1.38 bits per heavy atom. The van der Waals surface area contributed by atoms with Gasteiger partial charge in [0.15, 0.2) is 0 Å². The smallest absolute Gasteiger partial charge is 0.100 e. The summed E-state index contributed by atoms with van der Waals surface area (Å²) in [6, 6.07) is 8.55. The van der Waals surface area contributed by atoms with E-state index in [0.717, 1.165) is 10.2 Å². The van der Waals surface area contributed by atoms with Crippen LogP contribution >= 0.6 is 27.7 Å². The molecule has 1 aromatic carbocycles. The molecule has 2 rings (SSSR count). The molecule has 1 saturated heterocycles. The van der Waals surface area contributed by atoms with Gasteiger partial charge in [-0.15, -0.1) is 0 Å². The Balaban J connectivity index is 2.04. The van der Waals surface area contributed by atoms with E-state index >= 15 is 0 Å². The molecular weight excluding hydrogens is 284 g/mol. The number of benzene rings is 1. The maximum atomic E-state index is 8.83. The Morgan fingerprint density at radius 2 is 2.12 bits per heavy atom. The number of nitrogens with one attached hydrogen (secondary N) is 1. The first kappa shape index (κ1) is 11.8. The van der Waals surface area contributed by atoms with Crippen LogP contribution in [0.3, 0.4) is 0 Å². The molecule has 0 atom stereocenters. The quantitative estimate of drug-likeness (QED) is 0.905. The van der Waals surface area contributed by atoms with E-state index in [2.05, 4.69) is 27.3 Å². The standard InChI is InChI=1S/C12H13BrN2S/c13-12-7-11(2-1-9(12)8-14)15-10-3-5-16-6-4-10/h1-2,7,10,15H,3-6H2. The number of hydrogen-bond acceptors (Lipinski definition) is 3. The number of nitriles is 1. The van der Waals surface area contributed by atoms with Crippen molar-refractivity contribution in [2.24, 2.45) is 0 Å². The summed E-state index contributed by atoms with van der Waals surface area (Å²) in [6.45, 7) is 0. The second-order valence-corrected chi connectivity index (χ2v) is 5.92. The molecule has 0 amide bonds. The lowest BCUT2D eigenvalue weighted by Crippen LogP contribution is -2.24. The predicted octanol–water partition coefficient (Wildman–Crippen LogP) is 3.63. The summed E-state index contributed by atoms with van der Waals surface area (Å²) in [5, 5.41) is 12.3. The monoisotopic (exact) mass is 296 g/mol. The van der Waals surface area contributed by atoms with Crippen LogP contribution in [-0.4, -0.2) is 17.5 Å². The molecule has 1 N–H and O–H groups in total. The second kappa shape index (κ2) is 5.60. The van der Waals surface area contributed by atoms with Crippen LogP contribution in [0.4, 0.5) is 5.69 Å². The van der Waals surface area contributed by atoms with E-state index in [1.807, 2.05) is 30.0 Å². The summed E-state index contributed by atoms with van der Waals surface area (Å²) >= 11 is 5.43. The van der Waals surface area contributed by atoms with E-state index in [0.29, 0.717) is 11.6 Å². The Bertz CT molecular complexity index is 408. The fourth-order valence-corrected chi connectivity index (χ4v) is 3.35. The molecule has 0 aliphatic carbocycles. The normalized spacial score (nSPS) is 16.8. The number of nitrogens with zero attached hydrogens (tertiary/aromatic N) is 1. The van der Waals surface area contributed by atoms with Crippen LogP contribution in [-0.2, 0) is 0 Å². The molecule has 0 radical (unpaired) electrons. The first-order valence-electron chi connectivity index (χ1n) is 5.33. The molecule has 1 aliphatic rings. The molecule has 0 bridgehead atoms. The molecule has 1 aromatic rings. The van der Waals surface area contributed by atoms with Crippen LogP contribution in [0.25, 0.3) is 0 Å². The third kappa shape index (κ3) is 2.93. The van der Waals surface area contributed by atoms with Gasteiger partial charge >= 0.3 is 0 Å². The Hall–Kier alpha value is -0.660. The zero-order valence-corrected chi connectivity index (χ0v) is 11.3. The van der Waals surface area contributed by atoms with E-state index in [1.165, 1.54) is 24.3 Å². The second-order valence-electron chi connectivity index (χ2n) is 3.84. The van der Waals surface area contributed by atoms with Crippen LogP contribution in [0.15, 0.2) is 22.7 Å². The first-order chi connectivity index (χ1) is 7.79. The molecule has 2 nitrogen and oxygen atoms in total. The van der Waals surface area contributed by atoms with Gasteiger partial charge in [0, 0.05) is 16.2 Å². The molecule has 0 spiro atoms. The number of rotatable bonds is 2. The number of anilines is 1. The third-order valence-corrected chi connectivity index (χ3v) is 4.39. The number of halogens is 1. The molecule has 84 valence electrons. The van der Waals surface area contributed by atoms with Gasteiger partial charge in [0.05, 0.1) is 5.56 Å². The number of thioether (sulfide) groups is 1. The molecule has 0 saturated carbocycles. The first-order valence-corrected chi connectivity index (χ1v) is 7.28. The summed E-state index contributed by atoms with van der Waals surface area (Å²) in [5.41, 5.74) is 1.78. The van der Waals surface area contributed by atoms with Gasteiger partial charge in [0.1, 0.15) is 6.07 Å². The third-order valence-electron chi connectivity index (χ3n) is 2.68. The van der Waals surface area contributed by atoms with E-state index in [1.54, 1.807) is 0 Å². The highest BCUT2D eigenvalue weighted by atomic mass is 79.9. The Labute approximate surface area is 109 Å². The average molecular weight is 297 g/mol. The van der Waals surface area contributed by atoms with Crippen molar-refractivity contribution in [3.63, 3.8) is 0 Å². The van der Waals surface area contributed by atoms with E-state index in [4.69, 9.17) is 5.26 Å². The van der Waals surface area contributed by atoms with Gasteiger partial charge < -0.3 is 5.32 Å². The molecule has 0 aromatic heterocycles. The zero-order chi connectivity index (χ0) is 11.4. The molecular formula is C12H13BrN2S. The van der Waals surface area contributed by atoms with Crippen molar-refractivity contribution in [2.75, 3.05) is 16.8 Å². The van der Waals surface area contributed by atoms with Crippen LogP contribution < -0.4 is 5.32 Å². The van der Waals surface area contributed by atoms with Gasteiger partial charge in [-0.2, -0.15) is 17.0 Å². The van der Waals surface area contributed by atoms with Crippen molar-refractivity contribution >= 4 is 33.4 Å². The molecule has 1 heterocycles. The van der Waals surface area contributed by atoms with Crippen LogP contribution in [0.1, 0.15) is 18.4 Å². The molecule has 1 fully saturated rings. The van der Waals surface area contributed by atoms with Gasteiger partial charge in [-0.1, -0.05) is 0 Å². The van der Waals surface area contributed by atoms with E-state index in [9.17, 15) is 0 Å². The Kier molecular flexibility index (Phi) is 4.14. The van der Waals surface area contributed by atoms with E-state index in [-0.39, 0.29) is 0 Å². The van der Waals surface area contributed by atoms with Crippen LogP contribution in [0.2, 0.25) is 0 Å².